The van der Waals surface area contributed by atoms with E-state index in [0.717, 1.165) is 18.9 Å². The number of nitrogens with zero attached hydrogens (tertiary/aromatic N) is 1. The van der Waals surface area contributed by atoms with Gasteiger partial charge in [0.15, 0.2) is 5.96 Å². The highest BCUT2D eigenvalue weighted by molar-refractivity contribution is 14.0. The first-order chi connectivity index (χ1) is 10.5. The molecule has 3 N–H and O–H groups in total. The minimum atomic E-state index is 0. The summed E-state index contributed by atoms with van der Waals surface area (Å²) in [5.41, 5.74) is 3.89. The molecular formula is C18H29IN4. The third-order valence-corrected chi connectivity index (χ3v) is 4.27. The number of halogens is 1. The minimum Gasteiger partial charge on any atom is -0.361 e. The van der Waals surface area contributed by atoms with Gasteiger partial charge in [-0.15, -0.1) is 24.0 Å². The van der Waals surface area contributed by atoms with Crippen molar-refractivity contribution in [1.29, 1.82) is 0 Å². The van der Waals surface area contributed by atoms with Gasteiger partial charge in [-0.05, 0) is 43.4 Å². The van der Waals surface area contributed by atoms with Crippen molar-refractivity contribution in [3.8, 4) is 0 Å². The lowest BCUT2D eigenvalue weighted by molar-refractivity contribution is 0.481. The van der Waals surface area contributed by atoms with Crippen molar-refractivity contribution < 1.29 is 0 Å². The highest BCUT2D eigenvalue weighted by atomic mass is 127. The van der Waals surface area contributed by atoms with Crippen molar-refractivity contribution in [3.05, 3.63) is 35.5 Å². The number of hydrogen-bond donors (Lipinski definition) is 3. The van der Waals surface area contributed by atoms with Gasteiger partial charge >= 0.3 is 0 Å². The number of hydrogen-bond acceptors (Lipinski definition) is 1. The predicted octanol–water partition coefficient (Wildman–Crippen LogP) is 3.85. The SMILES string of the molecule is CN=C(NCCc1c[nH]c2cccc(C)c12)NC(C)C(C)C.I. The second-order valence-electron chi connectivity index (χ2n) is 6.24. The first kappa shape index (κ1) is 19.8. The number of nitrogens with one attached hydrogen (secondary N) is 3. The molecule has 0 saturated carbocycles. The van der Waals surface area contributed by atoms with E-state index in [1.54, 1.807) is 0 Å². The summed E-state index contributed by atoms with van der Waals surface area (Å²) in [6.45, 7) is 9.63. The van der Waals surface area contributed by atoms with Crippen LogP contribution in [0.15, 0.2) is 29.4 Å². The van der Waals surface area contributed by atoms with Crippen LogP contribution in [0.5, 0.6) is 0 Å². The summed E-state index contributed by atoms with van der Waals surface area (Å²) in [5.74, 6) is 1.45. The van der Waals surface area contributed by atoms with Gasteiger partial charge in [-0.3, -0.25) is 4.99 Å². The summed E-state index contributed by atoms with van der Waals surface area (Å²) >= 11 is 0. The summed E-state index contributed by atoms with van der Waals surface area (Å²) in [7, 11) is 1.82. The molecule has 4 nitrogen and oxygen atoms in total. The summed E-state index contributed by atoms with van der Waals surface area (Å²) in [6.07, 6.45) is 3.09. The van der Waals surface area contributed by atoms with Crippen molar-refractivity contribution in [3.63, 3.8) is 0 Å². The van der Waals surface area contributed by atoms with Gasteiger partial charge in [0, 0.05) is 36.7 Å². The van der Waals surface area contributed by atoms with Gasteiger partial charge in [0.1, 0.15) is 0 Å². The number of aromatic amines is 1. The maximum Gasteiger partial charge on any atom is 0.191 e. The largest absolute Gasteiger partial charge is 0.361 e. The fraction of sp³-hybridized carbons (Fsp3) is 0.500. The van der Waals surface area contributed by atoms with Crippen LogP contribution in [-0.2, 0) is 6.42 Å². The molecule has 0 aliphatic carbocycles. The first-order valence-electron chi connectivity index (χ1n) is 8.05. The minimum absolute atomic E-state index is 0. The number of benzene rings is 1. The zero-order chi connectivity index (χ0) is 16.1. The van der Waals surface area contributed by atoms with Crippen LogP contribution in [0, 0.1) is 12.8 Å². The second-order valence-corrected chi connectivity index (χ2v) is 6.24. The Balaban J connectivity index is 0.00000264. The average molecular weight is 428 g/mol. The van der Waals surface area contributed by atoms with Gasteiger partial charge in [-0.25, -0.2) is 0 Å². The molecule has 23 heavy (non-hydrogen) atoms. The Labute approximate surface area is 156 Å². The van der Waals surface area contributed by atoms with Crippen LogP contribution in [0.3, 0.4) is 0 Å². The van der Waals surface area contributed by atoms with Gasteiger partial charge in [-0.2, -0.15) is 0 Å². The fourth-order valence-electron chi connectivity index (χ4n) is 2.54. The molecule has 0 saturated heterocycles. The monoisotopic (exact) mass is 428 g/mol. The average Bonchev–Trinajstić information content (AvgIpc) is 2.90. The van der Waals surface area contributed by atoms with Gasteiger partial charge < -0.3 is 15.6 Å². The molecule has 0 aliphatic heterocycles. The van der Waals surface area contributed by atoms with Gasteiger partial charge in [0.05, 0.1) is 0 Å². The van der Waals surface area contributed by atoms with Crippen LogP contribution in [0.2, 0.25) is 0 Å². The molecular weight excluding hydrogens is 399 g/mol. The molecule has 0 bridgehead atoms. The molecule has 2 aromatic rings. The van der Waals surface area contributed by atoms with Gasteiger partial charge in [-0.1, -0.05) is 26.0 Å². The Bertz CT molecular complexity index is 646. The number of H-pyrrole nitrogens is 1. The van der Waals surface area contributed by atoms with Crippen molar-refractivity contribution in [2.75, 3.05) is 13.6 Å². The van der Waals surface area contributed by atoms with Crippen LogP contribution in [0.4, 0.5) is 0 Å². The number of aromatic nitrogens is 1. The lowest BCUT2D eigenvalue weighted by Gasteiger charge is -2.20. The van der Waals surface area contributed by atoms with Gasteiger partial charge in [0.25, 0.3) is 0 Å². The smallest absolute Gasteiger partial charge is 0.191 e. The first-order valence-corrected chi connectivity index (χ1v) is 8.05. The Kier molecular flexibility index (Phi) is 7.88. The standard InChI is InChI=1S/C18H28N4.HI/c1-12(2)14(4)22-18(19-5)20-10-9-15-11-21-16-8-6-7-13(3)17(15)16;/h6-8,11-12,14,21H,9-10H2,1-5H3,(H2,19,20,22);1H. The van der Waals surface area contributed by atoms with Crippen LogP contribution in [0.1, 0.15) is 31.9 Å². The zero-order valence-electron chi connectivity index (χ0n) is 14.7. The molecule has 0 spiro atoms. The van der Waals surface area contributed by atoms with E-state index in [9.17, 15) is 0 Å². The number of fused-ring (bicyclic) bond motifs is 1. The van der Waals surface area contributed by atoms with E-state index in [1.807, 2.05) is 7.05 Å². The summed E-state index contributed by atoms with van der Waals surface area (Å²) in [6, 6.07) is 6.79. The normalized spacial score (nSPS) is 13.0. The Hall–Kier alpha value is -1.24. The maximum atomic E-state index is 4.30. The molecule has 0 amide bonds. The second kappa shape index (κ2) is 9.15. The molecule has 1 aromatic carbocycles. The van der Waals surface area contributed by atoms with Gasteiger partial charge in [0.2, 0.25) is 0 Å². The lowest BCUT2D eigenvalue weighted by atomic mass is 10.1. The van der Waals surface area contributed by atoms with Crippen molar-refractivity contribution in [1.82, 2.24) is 15.6 Å². The van der Waals surface area contributed by atoms with E-state index < -0.39 is 0 Å². The molecule has 5 heteroatoms. The molecule has 1 heterocycles. The number of aryl methyl sites for hydroxylation is 1. The van der Waals surface area contributed by atoms with E-state index in [-0.39, 0.29) is 24.0 Å². The summed E-state index contributed by atoms with van der Waals surface area (Å²) < 4.78 is 0. The lowest BCUT2D eigenvalue weighted by Crippen LogP contribution is -2.44. The topological polar surface area (TPSA) is 52.2 Å². The molecule has 1 unspecified atom stereocenters. The quantitative estimate of drug-likeness (QED) is 0.385. The Morgan fingerprint density at radius 2 is 2.00 bits per heavy atom. The van der Waals surface area contributed by atoms with Crippen molar-refractivity contribution in [2.24, 2.45) is 10.9 Å². The molecule has 0 fully saturated rings. The maximum absolute atomic E-state index is 4.30. The number of aliphatic imine (C=N–C) groups is 1. The fourth-order valence-corrected chi connectivity index (χ4v) is 2.54. The number of rotatable bonds is 5. The Morgan fingerprint density at radius 1 is 1.26 bits per heavy atom. The summed E-state index contributed by atoms with van der Waals surface area (Å²) in [5, 5.41) is 8.18. The zero-order valence-corrected chi connectivity index (χ0v) is 17.1. The van der Waals surface area contributed by atoms with E-state index >= 15 is 0 Å². The molecule has 128 valence electrons. The predicted molar refractivity (Wildman–Crippen MR) is 111 cm³/mol. The summed E-state index contributed by atoms with van der Waals surface area (Å²) in [4.78, 5) is 7.65. The van der Waals surface area contributed by atoms with E-state index in [4.69, 9.17) is 0 Å². The molecule has 1 aromatic heterocycles. The van der Waals surface area contributed by atoms with Crippen LogP contribution in [-0.4, -0.2) is 30.6 Å². The molecule has 0 aliphatic rings. The molecule has 1 atom stereocenters. The van der Waals surface area contributed by atoms with E-state index in [1.165, 1.54) is 22.0 Å². The third kappa shape index (κ3) is 5.12. The van der Waals surface area contributed by atoms with Crippen molar-refractivity contribution >= 4 is 40.8 Å². The van der Waals surface area contributed by atoms with Crippen LogP contribution < -0.4 is 10.6 Å². The third-order valence-electron chi connectivity index (χ3n) is 4.27. The highest BCUT2D eigenvalue weighted by Crippen LogP contribution is 2.22. The Morgan fingerprint density at radius 3 is 2.65 bits per heavy atom. The molecule has 0 radical (unpaired) electrons. The number of guanidine groups is 1. The van der Waals surface area contributed by atoms with E-state index in [2.05, 4.69) is 72.7 Å². The molecule has 2 rings (SSSR count). The van der Waals surface area contributed by atoms with Crippen LogP contribution in [0.25, 0.3) is 10.9 Å². The highest BCUT2D eigenvalue weighted by Gasteiger charge is 2.09. The van der Waals surface area contributed by atoms with Crippen molar-refractivity contribution in [2.45, 2.75) is 40.2 Å². The van der Waals surface area contributed by atoms with E-state index in [0.29, 0.717) is 12.0 Å². The van der Waals surface area contributed by atoms with Crippen LogP contribution >= 0.6 is 24.0 Å².